The molecule has 2 rings (SSSR count). The number of hydrogen-bond donors (Lipinski definition) is 4. The minimum absolute atomic E-state index is 0.182. The second-order valence-corrected chi connectivity index (χ2v) is 9.29. The molecular weight excluding hydrogens is 394 g/mol. The van der Waals surface area contributed by atoms with Gasteiger partial charge in [0.15, 0.2) is 0 Å². The molecule has 0 aliphatic heterocycles. The van der Waals surface area contributed by atoms with Crippen molar-refractivity contribution in [3.63, 3.8) is 0 Å². The zero-order valence-electron chi connectivity index (χ0n) is 20.1. The number of unbranched alkanes of at least 4 members (excludes halogenated alkanes) is 1. The molecule has 5 N–H and O–H groups in total. The van der Waals surface area contributed by atoms with Gasteiger partial charge in [-0.05, 0) is 48.4 Å². The van der Waals surface area contributed by atoms with E-state index in [1.807, 2.05) is 18.2 Å². The van der Waals surface area contributed by atoms with Crippen LogP contribution >= 0.6 is 0 Å². The Hall–Kier alpha value is -2.14. The van der Waals surface area contributed by atoms with E-state index in [0.29, 0.717) is 17.7 Å². The fraction of sp³-hybridized carbons (Fsp3) is 0.500. The van der Waals surface area contributed by atoms with Crippen molar-refractivity contribution >= 4 is 6.08 Å². The molecule has 0 saturated carbocycles. The van der Waals surface area contributed by atoms with Gasteiger partial charge in [-0.2, -0.15) is 0 Å². The molecule has 32 heavy (non-hydrogen) atoms. The molecule has 0 aromatic heterocycles. The van der Waals surface area contributed by atoms with E-state index >= 15 is 0 Å². The van der Waals surface area contributed by atoms with E-state index < -0.39 is 0 Å². The first-order valence-electron chi connectivity index (χ1n) is 12.2. The fourth-order valence-electron chi connectivity index (χ4n) is 3.84. The van der Waals surface area contributed by atoms with Gasteiger partial charge in [0.05, 0.1) is 0 Å². The Bertz CT molecular complexity index is 758. The summed E-state index contributed by atoms with van der Waals surface area (Å²) < 4.78 is 0. The smallest absolute Gasteiger partial charge is 0.115 e. The normalized spacial score (nSPS) is 14.7. The first kappa shape index (κ1) is 26.1. The Morgan fingerprint density at radius 3 is 2.34 bits per heavy atom. The van der Waals surface area contributed by atoms with E-state index in [-0.39, 0.29) is 12.1 Å². The second-order valence-electron chi connectivity index (χ2n) is 9.29. The lowest BCUT2D eigenvalue weighted by Crippen LogP contribution is -2.47. The van der Waals surface area contributed by atoms with E-state index in [2.05, 4.69) is 67.8 Å². The number of nitrogens with two attached hydrogens (primary N) is 1. The second kappa shape index (κ2) is 14.8. The zero-order valence-corrected chi connectivity index (χ0v) is 20.1. The number of aromatic hydroxyl groups is 1. The van der Waals surface area contributed by atoms with E-state index in [9.17, 15) is 5.11 Å². The molecule has 0 heterocycles. The maximum atomic E-state index is 9.61. The Balaban J connectivity index is 2.01. The summed E-state index contributed by atoms with van der Waals surface area (Å²) in [5.41, 5.74) is 8.77. The van der Waals surface area contributed by atoms with Crippen molar-refractivity contribution in [2.45, 2.75) is 71.0 Å². The maximum Gasteiger partial charge on any atom is 0.115 e. The third-order valence-electron chi connectivity index (χ3n) is 5.69. The first-order chi connectivity index (χ1) is 15.5. The van der Waals surface area contributed by atoms with Crippen molar-refractivity contribution in [1.82, 2.24) is 10.6 Å². The molecule has 0 aliphatic rings. The number of rotatable bonds is 15. The molecule has 0 amide bonds. The summed E-state index contributed by atoms with van der Waals surface area (Å²) in [6, 6.07) is 18.8. The summed E-state index contributed by atoms with van der Waals surface area (Å²) in [4.78, 5) is 0. The van der Waals surface area contributed by atoms with Gasteiger partial charge < -0.3 is 21.5 Å². The highest BCUT2D eigenvalue weighted by Crippen LogP contribution is 2.13. The van der Waals surface area contributed by atoms with Crippen molar-refractivity contribution in [3.8, 4) is 5.75 Å². The van der Waals surface area contributed by atoms with Crippen molar-refractivity contribution in [2.24, 2.45) is 11.7 Å². The van der Waals surface area contributed by atoms with Gasteiger partial charge in [0, 0.05) is 31.2 Å². The molecule has 2 aromatic carbocycles. The Kier molecular flexibility index (Phi) is 12.1. The van der Waals surface area contributed by atoms with Crippen LogP contribution in [0.2, 0.25) is 0 Å². The van der Waals surface area contributed by atoms with Crippen LogP contribution in [0.1, 0.15) is 57.6 Å². The predicted molar refractivity (Wildman–Crippen MR) is 138 cm³/mol. The van der Waals surface area contributed by atoms with E-state index in [0.717, 1.165) is 32.4 Å². The van der Waals surface area contributed by atoms with Crippen molar-refractivity contribution in [2.75, 3.05) is 13.1 Å². The Morgan fingerprint density at radius 2 is 1.69 bits per heavy atom. The summed E-state index contributed by atoms with van der Waals surface area (Å²) in [5, 5.41) is 17.1. The molecule has 4 heteroatoms. The van der Waals surface area contributed by atoms with Crippen molar-refractivity contribution in [1.29, 1.82) is 0 Å². The van der Waals surface area contributed by atoms with Crippen molar-refractivity contribution < 1.29 is 5.11 Å². The average Bonchev–Trinajstić information content (AvgIpc) is 2.79. The highest BCUT2D eigenvalue weighted by Gasteiger charge is 2.14. The molecule has 176 valence electrons. The fourth-order valence-corrected chi connectivity index (χ4v) is 3.84. The van der Waals surface area contributed by atoms with Crippen LogP contribution in [0.15, 0.2) is 60.7 Å². The molecule has 0 bridgehead atoms. The molecule has 0 spiro atoms. The zero-order chi connectivity index (χ0) is 23.2. The quantitative estimate of drug-likeness (QED) is 0.312. The SMILES string of the molecule is CCCC[C@H](N)CN[C@H](CN[C@H](/C=C/c1ccccc1)CC(C)C)Cc1ccc(O)cc1. The third kappa shape index (κ3) is 10.9. The van der Waals surface area contributed by atoms with Crippen LogP contribution < -0.4 is 16.4 Å². The van der Waals surface area contributed by atoms with Crippen LogP contribution in [-0.2, 0) is 6.42 Å². The standard InChI is InChI=1S/C28H43N3O/c1-4-5-11-25(29)20-30-27(19-24-13-16-28(32)17-14-24)21-31-26(18-22(2)3)15-12-23-9-7-6-8-10-23/h6-10,12-17,22,25-27,30-32H,4-5,11,18-21,29H2,1-3H3/b15-12+/t25-,26+,27-/m0/s1. The number of phenols is 1. The van der Waals surface area contributed by atoms with Crippen LogP contribution in [0, 0.1) is 5.92 Å². The highest BCUT2D eigenvalue weighted by molar-refractivity contribution is 5.49. The Labute approximate surface area is 195 Å². The summed E-state index contributed by atoms with van der Waals surface area (Å²) >= 11 is 0. The third-order valence-corrected chi connectivity index (χ3v) is 5.69. The van der Waals surface area contributed by atoms with Gasteiger partial charge in [0.1, 0.15) is 5.75 Å². The van der Waals surface area contributed by atoms with E-state index in [4.69, 9.17) is 5.73 Å². The number of benzene rings is 2. The molecule has 4 nitrogen and oxygen atoms in total. The summed E-state index contributed by atoms with van der Waals surface area (Å²) in [6.45, 7) is 8.42. The number of phenolic OH excluding ortho intramolecular Hbond substituents is 1. The molecule has 0 saturated heterocycles. The molecular formula is C28H43N3O. The summed E-state index contributed by atoms with van der Waals surface area (Å²) in [7, 11) is 0. The first-order valence-corrected chi connectivity index (χ1v) is 12.2. The lowest BCUT2D eigenvalue weighted by atomic mass is 10.0. The Morgan fingerprint density at radius 1 is 0.969 bits per heavy atom. The highest BCUT2D eigenvalue weighted by atomic mass is 16.3. The van der Waals surface area contributed by atoms with E-state index in [1.54, 1.807) is 12.1 Å². The van der Waals surface area contributed by atoms with Gasteiger partial charge in [-0.15, -0.1) is 0 Å². The monoisotopic (exact) mass is 437 g/mol. The minimum Gasteiger partial charge on any atom is -0.508 e. The summed E-state index contributed by atoms with van der Waals surface area (Å²) in [6.07, 6.45) is 9.89. The van der Waals surface area contributed by atoms with Crippen LogP contribution in [0.5, 0.6) is 5.75 Å². The van der Waals surface area contributed by atoms with Gasteiger partial charge >= 0.3 is 0 Å². The van der Waals surface area contributed by atoms with Crippen LogP contribution in [0.25, 0.3) is 6.08 Å². The molecule has 0 fully saturated rings. The molecule has 0 radical (unpaired) electrons. The molecule has 0 aliphatic carbocycles. The minimum atomic E-state index is 0.182. The van der Waals surface area contributed by atoms with Gasteiger partial charge in [0.25, 0.3) is 0 Å². The number of nitrogens with one attached hydrogen (secondary N) is 2. The van der Waals surface area contributed by atoms with Gasteiger partial charge in [0.2, 0.25) is 0 Å². The maximum absolute atomic E-state index is 9.61. The van der Waals surface area contributed by atoms with Crippen LogP contribution in [0.4, 0.5) is 0 Å². The number of hydrogen-bond acceptors (Lipinski definition) is 4. The van der Waals surface area contributed by atoms with Crippen LogP contribution in [-0.4, -0.2) is 36.3 Å². The lowest BCUT2D eigenvalue weighted by molar-refractivity contribution is 0.403. The average molecular weight is 438 g/mol. The van der Waals surface area contributed by atoms with Gasteiger partial charge in [-0.1, -0.05) is 88.2 Å². The predicted octanol–water partition coefficient (Wildman–Crippen LogP) is 5.13. The summed E-state index contributed by atoms with van der Waals surface area (Å²) in [5.74, 6) is 0.917. The topological polar surface area (TPSA) is 70.3 Å². The van der Waals surface area contributed by atoms with Crippen LogP contribution in [0.3, 0.4) is 0 Å². The molecule has 2 aromatic rings. The lowest BCUT2D eigenvalue weighted by Gasteiger charge is -2.25. The van der Waals surface area contributed by atoms with Gasteiger partial charge in [-0.3, -0.25) is 0 Å². The molecule has 0 unspecified atom stereocenters. The van der Waals surface area contributed by atoms with E-state index in [1.165, 1.54) is 24.0 Å². The van der Waals surface area contributed by atoms with Crippen molar-refractivity contribution in [3.05, 3.63) is 71.8 Å². The molecule has 3 atom stereocenters. The van der Waals surface area contributed by atoms with Gasteiger partial charge in [-0.25, -0.2) is 0 Å². The largest absolute Gasteiger partial charge is 0.508 e.